The highest BCUT2D eigenvalue weighted by Crippen LogP contribution is 2.44. The number of carbonyl (C=O) groups excluding carboxylic acids is 1. The minimum atomic E-state index is 0.167. The zero-order valence-corrected chi connectivity index (χ0v) is 11.0. The number of carbonyl (C=O) groups is 1. The van der Waals surface area contributed by atoms with E-state index in [2.05, 4.69) is 0 Å². The number of ether oxygens (including phenoxy) is 1. The Balaban J connectivity index is 1.90. The van der Waals surface area contributed by atoms with Crippen molar-refractivity contribution < 1.29 is 9.53 Å². The van der Waals surface area contributed by atoms with Crippen molar-refractivity contribution in [3.05, 3.63) is 0 Å². The second kappa shape index (κ2) is 5.85. The summed E-state index contributed by atoms with van der Waals surface area (Å²) in [4.78, 5) is 13.8. The van der Waals surface area contributed by atoms with Gasteiger partial charge in [-0.3, -0.25) is 4.79 Å². The Morgan fingerprint density at radius 1 is 1.06 bits per heavy atom. The summed E-state index contributed by atoms with van der Waals surface area (Å²) in [5, 5.41) is 0. The molecule has 0 aromatic heterocycles. The van der Waals surface area contributed by atoms with Crippen molar-refractivity contribution in [2.45, 2.75) is 51.4 Å². The first kappa shape index (κ1) is 12.9. The summed E-state index contributed by atoms with van der Waals surface area (Å²) in [5.74, 6) is 0.167. The minimum absolute atomic E-state index is 0.167. The summed E-state index contributed by atoms with van der Waals surface area (Å²) in [6.45, 7) is 2.12. The van der Waals surface area contributed by atoms with Gasteiger partial charge in [-0.2, -0.15) is 0 Å². The average Bonchev–Trinajstić information content (AvgIpc) is 2.54. The monoisotopic (exact) mass is 239 g/mol. The largest absolute Gasteiger partial charge is 0.375 e. The summed E-state index contributed by atoms with van der Waals surface area (Å²) in [6.07, 6.45) is 10.7. The highest BCUT2D eigenvalue weighted by Gasteiger charge is 2.34. The zero-order chi connectivity index (χ0) is 12.1. The van der Waals surface area contributed by atoms with Crippen LogP contribution < -0.4 is 0 Å². The number of likely N-dealkylation sites (tertiary alicyclic amines) is 1. The molecule has 2 fully saturated rings. The lowest BCUT2D eigenvalue weighted by molar-refractivity contribution is -0.135. The van der Waals surface area contributed by atoms with Crippen LogP contribution in [-0.4, -0.2) is 37.6 Å². The van der Waals surface area contributed by atoms with E-state index in [1.807, 2.05) is 4.90 Å². The van der Waals surface area contributed by atoms with E-state index in [1.165, 1.54) is 51.4 Å². The van der Waals surface area contributed by atoms with E-state index >= 15 is 0 Å². The molecule has 1 saturated carbocycles. The molecule has 0 atom stereocenters. The molecule has 17 heavy (non-hydrogen) atoms. The summed E-state index contributed by atoms with van der Waals surface area (Å²) < 4.78 is 4.94. The second-order valence-corrected chi connectivity index (χ2v) is 5.73. The molecule has 0 N–H and O–H groups in total. The molecule has 1 heterocycles. The summed E-state index contributed by atoms with van der Waals surface area (Å²) in [6, 6.07) is 0. The highest BCUT2D eigenvalue weighted by atomic mass is 16.5. The summed E-state index contributed by atoms with van der Waals surface area (Å²) >= 11 is 0. The van der Waals surface area contributed by atoms with Gasteiger partial charge in [0.1, 0.15) is 6.61 Å². The van der Waals surface area contributed by atoms with Crippen LogP contribution in [0.4, 0.5) is 0 Å². The maximum Gasteiger partial charge on any atom is 0.248 e. The molecule has 3 nitrogen and oxygen atoms in total. The molecule has 2 aliphatic rings. The van der Waals surface area contributed by atoms with Gasteiger partial charge < -0.3 is 9.64 Å². The number of hydrogen-bond acceptors (Lipinski definition) is 2. The normalized spacial score (nSPS) is 24.6. The lowest BCUT2D eigenvalue weighted by Gasteiger charge is -2.36. The van der Waals surface area contributed by atoms with Crippen LogP contribution in [0.5, 0.6) is 0 Å². The van der Waals surface area contributed by atoms with Crippen molar-refractivity contribution >= 4 is 5.91 Å². The average molecular weight is 239 g/mol. The number of amides is 1. The Labute approximate surface area is 105 Å². The molecular formula is C14H25NO2. The van der Waals surface area contributed by atoms with Gasteiger partial charge in [-0.1, -0.05) is 19.3 Å². The third-order valence-electron chi connectivity index (χ3n) is 4.58. The molecule has 98 valence electrons. The molecule has 0 unspecified atom stereocenters. The van der Waals surface area contributed by atoms with Gasteiger partial charge in [-0.15, -0.1) is 0 Å². The van der Waals surface area contributed by atoms with E-state index in [0.717, 1.165) is 13.1 Å². The van der Waals surface area contributed by atoms with Crippen molar-refractivity contribution in [2.75, 3.05) is 26.8 Å². The van der Waals surface area contributed by atoms with Gasteiger partial charge in [-0.05, 0) is 37.5 Å². The van der Waals surface area contributed by atoms with E-state index < -0.39 is 0 Å². The molecule has 0 radical (unpaired) electrons. The van der Waals surface area contributed by atoms with Crippen LogP contribution in [0.3, 0.4) is 0 Å². The van der Waals surface area contributed by atoms with Gasteiger partial charge in [-0.25, -0.2) is 0 Å². The van der Waals surface area contributed by atoms with Crippen molar-refractivity contribution in [1.82, 2.24) is 4.90 Å². The Morgan fingerprint density at radius 2 is 1.76 bits per heavy atom. The molecule has 1 saturated heterocycles. The highest BCUT2D eigenvalue weighted by molar-refractivity contribution is 5.77. The number of nitrogens with zero attached hydrogens (tertiary/aromatic N) is 1. The Kier molecular flexibility index (Phi) is 4.43. The Morgan fingerprint density at radius 3 is 2.47 bits per heavy atom. The van der Waals surface area contributed by atoms with Gasteiger partial charge in [0.05, 0.1) is 0 Å². The maximum atomic E-state index is 11.8. The fourth-order valence-corrected chi connectivity index (χ4v) is 3.52. The Hall–Kier alpha value is -0.570. The van der Waals surface area contributed by atoms with Crippen LogP contribution in [0, 0.1) is 5.41 Å². The van der Waals surface area contributed by atoms with E-state index in [9.17, 15) is 4.79 Å². The van der Waals surface area contributed by atoms with E-state index in [0.29, 0.717) is 5.41 Å². The fourth-order valence-electron chi connectivity index (χ4n) is 3.52. The first-order valence-corrected chi connectivity index (χ1v) is 7.02. The zero-order valence-electron chi connectivity index (χ0n) is 11.0. The first-order chi connectivity index (χ1) is 8.26. The smallest absolute Gasteiger partial charge is 0.248 e. The van der Waals surface area contributed by atoms with Gasteiger partial charge >= 0.3 is 0 Å². The number of hydrogen-bond donors (Lipinski definition) is 0. The van der Waals surface area contributed by atoms with Crippen LogP contribution >= 0.6 is 0 Å². The first-order valence-electron chi connectivity index (χ1n) is 7.02. The molecule has 0 aromatic carbocycles. The van der Waals surface area contributed by atoms with E-state index in [4.69, 9.17) is 4.74 Å². The van der Waals surface area contributed by atoms with Crippen LogP contribution in [-0.2, 0) is 9.53 Å². The van der Waals surface area contributed by atoms with Gasteiger partial charge in [0.25, 0.3) is 0 Å². The third-order valence-corrected chi connectivity index (χ3v) is 4.58. The molecule has 0 aromatic rings. The van der Waals surface area contributed by atoms with Crippen LogP contribution in [0.15, 0.2) is 0 Å². The molecule has 1 amide bonds. The predicted molar refractivity (Wildman–Crippen MR) is 67.8 cm³/mol. The maximum absolute atomic E-state index is 11.8. The Bertz CT molecular complexity index is 259. The van der Waals surface area contributed by atoms with Crippen LogP contribution in [0.2, 0.25) is 0 Å². The predicted octanol–water partition coefficient (Wildman–Crippen LogP) is 2.60. The molecule has 1 aliphatic carbocycles. The molecule has 2 rings (SSSR count). The lowest BCUT2D eigenvalue weighted by atomic mass is 9.69. The molecular weight excluding hydrogens is 214 g/mol. The number of methoxy groups -OCH3 is 1. The molecule has 1 spiro atoms. The van der Waals surface area contributed by atoms with E-state index in [1.54, 1.807) is 7.11 Å². The SMILES string of the molecule is COCC(=O)N1CCCC2(CCCCC2)CC1. The van der Waals surface area contributed by atoms with Gasteiger partial charge in [0.15, 0.2) is 0 Å². The quantitative estimate of drug-likeness (QED) is 0.741. The third kappa shape index (κ3) is 3.21. The van der Waals surface area contributed by atoms with Crippen molar-refractivity contribution in [3.63, 3.8) is 0 Å². The topological polar surface area (TPSA) is 29.5 Å². The van der Waals surface area contributed by atoms with Gasteiger partial charge in [0, 0.05) is 20.2 Å². The molecule has 0 bridgehead atoms. The van der Waals surface area contributed by atoms with Crippen molar-refractivity contribution in [2.24, 2.45) is 5.41 Å². The summed E-state index contributed by atoms with van der Waals surface area (Å²) in [7, 11) is 1.60. The number of rotatable bonds is 2. The van der Waals surface area contributed by atoms with Crippen molar-refractivity contribution in [1.29, 1.82) is 0 Å². The van der Waals surface area contributed by atoms with Gasteiger partial charge in [0.2, 0.25) is 5.91 Å². The second-order valence-electron chi connectivity index (χ2n) is 5.73. The lowest BCUT2D eigenvalue weighted by Crippen LogP contribution is -2.35. The fraction of sp³-hybridized carbons (Fsp3) is 0.929. The minimum Gasteiger partial charge on any atom is -0.375 e. The van der Waals surface area contributed by atoms with Crippen LogP contribution in [0.25, 0.3) is 0 Å². The molecule has 1 aliphatic heterocycles. The standard InChI is InChI=1S/C14H25NO2/c1-17-12-13(16)15-10-5-8-14(9-11-15)6-3-2-4-7-14/h2-12H2,1H3. The van der Waals surface area contributed by atoms with Crippen LogP contribution in [0.1, 0.15) is 51.4 Å². The van der Waals surface area contributed by atoms with E-state index in [-0.39, 0.29) is 12.5 Å². The molecule has 3 heteroatoms. The van der Waals surface area contributed by atoms with Crippen molar-refractivity contribution in [3.8, 4) is 0 Å². The summed E-state index contributed by atoms with van der Waals surface area (Å²) in [5.41, 5.74) is 0.570.